The number of hydrogen-bond donors (Lipinski definition) is 0. The third-order valence-corrected chi connectivity index (χ3v) is 24.1. The largest absolute Gasteiger partial charge is 0.220 e. The molecule has 1 fully saturated rings. The highest BCUT2D eigenvalue weighted by atomic mass is 15.0. The number of aromatic nitrogens is 5. The molecular weight excluding hydrogens is 1360 g/mol. The van der Waals surface area contributed by atoms with Gasteiger partial charge in [-0.1, -0.05) is 219 Å². The Morgan fingerprint density at radius 1 is 0.286 bits per heavy atom. The highest BCUT2D eigenvalue weighted by molar-refractivity contribution is 5.99. The summed E-state index contributed by atoms with van der Waals surface area (Å²) < 4.78 is 11.4. The van der Waals surface area contributed by atoms with Crippen molar-refractivity contribution in [1.29, 1.82) is 0 Å². The molecule has 570 valence electrons. The zero-order chi connectivity index (χ0) is 80.1. The van der Waals surface area contributed by atoms with E-state index in [0.29, 0.717) is 23.7 Å². The second-order valence-electron chi connectivity index (χ2n) is 33.4. The predicted octanol–water partition coefficient (Wildman–Crippen LogP) is 25.9. The molecule has 10 aromatic carbocycles. The Balaban J connectivity index is 0.000000130. The van der Waals surface area contributed by atoms with Crippen molar-refractivity contribution in [3.8, 4) is 56.3 Å². The Morgan fingerprint density at radius 2 is 0.688 bits per heavy atom. The van der Waals surface area contributed by atoms with Gasteiger partial charge in [-0.3, -0.25) is 0 Å². The van der Waals surface area contributed by atoms with Gasteiger partial charge in [0.25, 0.3) is 0 Å². The molecule has 0 amide bonds. The van der Waals surface area contributed by atoms with Gasteiger partial charge in [0.05, 0.1) is 38.1 Å². The van der Waals surface area contributed by atoms with Crippen LogP contribution in [0, 0.1) is 69.2 Å². The second-order valence-corrected chi connectivity index (χ2v) is 33.4. The molecule has 0 saturated heterocycles. The topological polar surface area (TPSA) is 19.4 Å². The van der Waals surface area contributed by atoms with Gasteiger partial charge in [-0.05, 0) is 248 Å². The molecule has 0 radical (unpaired) electrons. The van der Waals surface area contributed by atoms with Crippen molar-refractivity contribution >= 4 is 53.9 Å². The summed E-state index contributed by atoms with van der Waals surface area (Å²) in [7, 11) is 10.8. The van der Waals surface area contributed by atoms with Crippen LogP contribution in [0.3, 0.4) is 0 Å². The van der Waals surface area contributed by atoms with Crippen LogP contribution in [0.15, 0.2) is 243 Å². The Labute approximate surface area is 670 Å². The number of hydrogen-bond acceptors (Lipinski definition) is 0. The maximum Gasteiger partial charge on any atom is 0.220 e. The molecule has 1 aliphatic rings. The normalized spacial score (nSPS) is 12.2. The van der Waals surface area contributed by atoms with E-state index in [1.165, 1.54) is 214 Å². The Bertz CT molecular complexity index is 5910. The Morgan fingerprint density at radius 3 is 1.20 bits per heavy atom. The summed E-state index contributed by atoms with van der Waals surface area (Å²) in [5.74, 6) is 2.88. The van der Waals surface area contributed by atoms with Gasteiger partial charge < -0.3 is 0 Å². The average Bonchev–Trinajstić information content (AvgIpc) is 1.02. The zero-order valence-electron chi connectivity index (χ0n) is 71.5. The Kier molecular flexibility index (Phi) is 25.2. The van der Waals surface area contributed by atoms with Crippen LogP contribution >= 0.6 is 0 Å². The van der Waals surface area contributed by atoms with Crippen LogP contribution in [0.25, 0.3) is 110 Å². The lowest BCUT2D eigenvalue weighted by Crippen LogP contribution is -2.37. The summed E-state index contributed by atoms with van der Waals surface area (Å²) >= 11 is 0. The first-order valence-corrected chi connectivity index (χ1v) is 41.1. The highest BCUT2D eigenvalue weighted by Crippen LogP contribution is 2.43. The minimum atomic E-state index is 0.520. The fraction of sp³-hybridized carbons (Fsp3) is 0.299. The van der Waals surface area contributed by atoms with Crippen molar-refractivity contribution < 1.29 is 22.8 Å². The van der Waals surface area contributed by atoms with Gasteiger partial charge in [-0.2, -0.15) is 4.57 Å². The number of aryl methyl sites for hydroxylation is 11. The number of nitrogens with zero attached hydrogens (tertiary/aromatic N) is 5. The van der Waals surface area contributed by atoms with Crippen LogP contribution in [0.5, 0.6) is 0 Å². The first kappa shape index (κ1) is 80.8. The summed E-state index contributed by atoms with van der Waals surface area (Å²) in [6, 6.07) is 79.9. The predicted molar refractivity (Wildman–Crippen MR) is 478 cm³/mol. The molecule has 16 rings (SSSR count). The molecule has 5 aromatic heterocycles. The highest BCUT2D eigenvalue weighted by Gasteiger charge is 2.31. The molecule has 112 heavy (non-hydrogen) atoms. The minimum absolute atomic E-state index is 0.520. The van der Waals surface area contributed by atoms with Crippen molar-refractivity contribution in [1.82, 2.24) is 0 Å². The number of rotatable bonds is 10. The molecule has 15 aromatic rings. The summed E-state index contributed by atoms with van der Waals surface area (Å²) in [6.45, 7) is 40.2. The average molecular weight is 1480 g/mol. The molecular formula is C107H122N5+5. The van der Waals surface area contributed by atoms with Gasteiger partial charge in [0, 0.05) is 52.9 Å². The van der Waals surface area contributed by atoms with Crippen molar-refractivity contribution in [2.75, 3.05) is 0 Å². The number of fused-ring (bicyclic) bond motifs is 5. The summed E-state index contributed by atoms with van der Waals surface area (Å²) in [5.41, 5.74) is 34.0. The van der Waals surface area contributed by atoms with Crippen molar-refractivity contribution in [3.63, 3.8) is 0 Å². The van der Waals surface area contributed by atoms with Crippen LogP contribution in [-0.4, -0.2) is 0 Å². The lowest BCUT2D eigenvalue weighted by Gasteiger charge is -2.18. The molecule has 1 saturated carbocycles. The maximum atomic E-state index is 2.46. The standard InChI is InChI=1S/C25H30N.C22H26N.3C20H22N/c1-16-14-17(2)18(3)23(15-16)25-22-13-9-8-12-21(22)24(19(4)26(25)5)20-10-6-7-11-20;1-14(2)19-8-7-18-9-10-23(6)22(21(18)13-19)20-12-15(3)11-16(4)17(20)5;1-14(2)19-13-21(4)20(16-10-6-5-9-15(16)3)18-12-8-7-11-17(18)19;1-14(2)16-10-7-11-19-18(16)12-13-21(4)20(19)17-9-6-5-8-15(17)3;1-14(2)16-9-10-19-17(13-16)11-12-21(4)20(19)18-8-6-5-7-15(18)3/h8-9,12-15,20H,6-7,10-11H2,1-5H3;7-14H,1-6H3;3*5-14H,1-4H3/q5*+1. The third-order valence-electron chi connectivity index (χ3n) is 24.1. The van der Waals surface area contributed by atoms with E-state index in [0.717, 1.165) is 5.92 Å². The molecule has 5 heterocycles. The molecule has 0 unspecified atom stereocenters. The van der Waals surface area contributed by atoms with Gasteiger partial charge >= 0.3 is 0 Å². The van der Waals surface area contributed by atoms with Gasteiger partial charge in [0.1, 0.15) is 35.2 Å². The van der Waals surface area contributed by atoms with E-state index in [4.69, 9.17) is 0 Å². The second kappa shape index (κ2) is 34.9. The summed E-state index contributed by atoms with van der Waals surface area (Å²) in [6.07, 6.45) is 14.2. The number of benzene rings is 10. The van der Waals surface area contributed by atoms with Gasteiger partial charge in [0.15, 0.2) is 30.5 Å². The smallest absolute Gasteiger partial charge is 0.200 e. The lowest BCUT2D eigenvalue weighted by molar-refractivity contribution is -0.666. The van der Waals surface area contributed by atoms with E-state index in [1.807, 2.05) is 0 Å². The molecule has 0 aliphatic heterocycles. The molecule has 0 spiro atoms. The SMILES string of the molecule is Cc1cc(C)c(C)c(-c2c3cc(C(C)C)ccc3cc[n+]2C)c1.Cc1cc(C)c(C)c(-c2c3ccccc3c(C3CCCC3)c(C)[n+]2C)c1.Cc1ccccc1-c1c2ccc(C(C)C)cc2cc[n+]1C.Cc1ccccc1-c1c2cccc(C(C)C)c2cc[n+]1C.Cc1ccccc1-c1c2ccccc2c(C(C)C)c[n+]1C. The van der Waals surface area contributed by atoms with Crippen LogP contribution in [0.2, 0.25) is 0 Å². The van der Waals surface area contributed by atoms with Gasteiger partial charge in [-0.25, -0.2) is 18.3 Å². The molecule has 0 atom stereocenters. The first-order chi connectivity index (χ1) is 53.6. The minimum Gasteiger partial charge on any atom is -0.200 e. The molecule has 0 N–H and O–H groups in total. The third kappa shape index (κ3) is 16.9. The monoisotopic (exact) mass is 1480 g/mol. The van der Waals surface area contributed by atoms with Gasteiger partial charge in [-0.15, -0.1) is 0 Å². The van der Waals surface area contributed by atoms with E-state index in [9.17, 15) is 0 Å². The van der Waals surface area contributed by atoms with Gasteiger partial charge in [0.2, 0.25) is 28.5 Å². The first-order valence-electron chi connectivity index (χ1n) is 41.1. The van der Waals surface area contributed by atoms with Crippen LogP contribution < -0.4 is 22.8 Å². The van der Waals surface area contributed by atoms with Crippen LogP contribution in [-0.2, 0) is 35.2 Å². The molecule has 1 aliphatic carbocycles. The van der Waals surface area contributed by atoms with E-state index < -0.39 is 0 Å². The van der Waals surface area contributed by atoms with E-state index >= 15 is 0 Å². The maximum absolute atomic E-state index is 2.46. The van der Waals surface area contributed by atoms with E-state index in [-0.39, 0.29) is 0 Å². The van der Waals surface area contributed by atoms with E-state index in [2.05, 4.69) is 426 Å². The fourth-order valence-electron chi connectivity index (χ4n) is 17.5. The summed E-state index contributed by atoms with van der Waals surface area (Å²) in [4.78, 5) is 0. The molecule has 0 bridgehead atoms. The fourth-order valence-corrected chi connectivity index (χ4v) is 17.5. The van der Waals surface area contributed by atoms with Crippen molar-refractivity contribution in [2.24, 2.45) is 35.2 Å². The number of pyridine rings is 5. The summed E-state index contributed by atoms with van der Waals surface area (Å²) in [5, 5.41) is 13.5. The van der Waals surface area contributed by atoms with Crippen molar-refractivity contribution in [2.45, 2.75) is 180 Å². The zero-order valence-corrected chi connectivity index (χ0v) is 71.5. The van der Waals surface area contributed by atoms with Crippen LogP contribution in [0.4, 0.5) is 0 Å². The Hall–Kier alpha value is -10.8. The lowest BCUT2D eigenvalue weighted by atomic mass is 9.88. The quantitative estimate of drug-likeness (QED) is 0.122. The van der Waals surface area contributed by atoms with Crippen LogP contribution in [0.1, 0.15) is 194 Å². The van der Waals surface area contributed by atoms with Crippen molar-refractivity contribution in [3.05, 3.63) is 327 Å². The molecule has 5 heteroatoms. The van der Waals surface area contributed by atoms with E-state index in [1.54, 1.807) is 5.56 Å². The molecule has 5 nitrogen and oxygen atoms in total.